The molecule has 0 saturated carbocycles. The molecule has 2 aromatic rings. The summed E-state index contributed by atoms with van der Waals surface area (Å²) >= 11 is 0. The molecule has 5 heteroatoms. The molecule has 15 heavy (non-hydrogen) atoms. The lowest BCUT2D eigenvalue weighted by Gasteiger charge is -2.00. The molecule has 0 radical (unpaired) electrons. The molecule has 0 atom stereocenters. The van der Waals surface area contributed by atoms with E-state index in [4.69, 9.17) is 4.74 Å². The Hall–Kier alpha value is -2.04. The summed E-state index contributed by atoms with van der Waals surface area (Å²) in [5.41, 5.74) is 0.912. The van der Waals surface area contributed by atoms with Gasteiger partial charge in [0.25, 0.3) is 0 Å². The zero-order valence-electron chi connectivity index (χ0n) is 8.17. The first-order chi connectivity index (χ1) is 7.31. The second-order valence-electron chi connectivity index (χ2n) is 2.88. The number of carbonyl (C=O) groups is 1. The van der Waals surface area contributed by atoms with Gasteiger partial charge >= 0.3 is 5.97 Å². The number of hydrogen-bond donors (Lipinski definition) is 0. The molecule has 0 saturated heterocycles. The molecule has 0 spiro atoms. The Bertz CT molecular complexity index is 499. The van der Waals surface area contributed by atoms with Gasteiger partial charge in [-0.15, -0.1) is 10.2 Å². The average molecular weight is 203 g/mol. The minimum absolute atomic E-state index is 0.206. The SMILES string of the molecule is CCOC(=O)c1cc2cnccc2nn1. The van der Waals surface area contributed by atoms with Crippen molar-refractivity contribution in [1.29, 1.82) is 0 Å². The molecule has 0 aliphatic carbocycles. The largest absolute Gasteiger partial charge is 0.461 e. The second kappa shape index (κ2) is 4.00. The van der Waals surface area contributed by atoms with E-state index in [1.807, 2.05) is 0 Å². The van der Waals surface area contributed by atoms with Gasteiger partial charge in [0.2, 0.25) is 0 Å². The van der Waals surface area contributed by atoms with Crippen molar-refractivity contribution in [3.8, 4) is 0 Å². The summed E-state index contributed by atoms with van der Waals surface area (Å²) in [5.74, 6) is -0.462. The molecule has 2 heterocycles. The molecule has 0 N–H and O–H groups in total. The van der Waals surface area contributed by atoms with E-state index in [-0.39, 0.29) is 5.69 Å². The molecule has 2 rings (SSSR count). The molecule has 76 valence electrons. The Morgan fingerprint density at radius 2 is 2.33 bits per heavy atom. The highest BCUT2D eigenvalue weighted by molar-refractivity contribution is 5.91. The zero-order valence-corrected chi connectivity index (χ0v) is 8.17. The molecule has 5 nitrogen and oxygen atoms in total. The van der Waals surface area contributed by atoms with Gasteiger partial charge in [0.15, 0.2) is 5.69 Å². The summed E-state index contributed by atoms with van der Waals surface area (Å²) in [7, 11) is 0. The van der Waals surface area contributed by atoms with Gasteiger partial charge < -0.3 is 4.74 Å². The molecule has 2 aromatic heterocycles. The van der Waals surface area contributed by atoms with Crippen molar-refractivity contribution < 1.29 is 9.53 Å². The van der Waals surface area contributed by atoms with Crippen molar-refractivity contribution in [2.75, 3.05) is 6.61 Å². The highest BCUT2D eigenvalue weighted by Gasteiger charge is 2.09. The third-order valence-electron chi connectivity index (χ3n) is 1.87. The van der Waals surface area contributed by atoms with E-state index in [0.29, 0.717) is 12.1 Å². The first kappa shape index (κ1) is 9.51. The van der Waals surface area contributed by atoms with Crippen LogP contribution in [0, 0.1) is 0 Å². The lowest BCUT2D eigenvalue weighted by Crippen LogP contribution is -2.07. The molecule has 0 aliphatic rings. The van der Waals surface area contributed by atoms with E-state index in [1.54, 1.807) is 31.5 Å². The number of hydrogen-bond acceptors (Lipinski definition) is 5. The smallest absolute Gasteiger partial charge is 0.358 e. The van der Waals surface area contributed by atoms with Gasteiger partial charge in [-0.05, 0) is 19.1 Å². The summed E-state index contributed by atoms with van der Waals surface area (Å²) in [6.45, 7) is 2.07. The Labute approximate surface area is 86.1 Å². The summed E-state index contributed by atoms with van der Waals surface area (Å²) in [5, 5.41) is 8.44. The van der Waals surface area contributed by atoms with Gasteiger partial charge in [0.1, 0.15) is 0 Å². The highest BCUT2D eigenvalue weighted by Crippen LogP contribution is 2.09. The van der Waals surface area contributed by atoms with E-state index < -0.39 is 5.97 Å². The summed E-state index contributed by atoms with van der Waals surface area (Å²) < 4.78 is 4.81. The molecular formula is C10H9N3O2. The molecule has 0 amide bonds. The van der Waals surface area contributed by atoms with E-state index in [2.05, 4.69) is 15.2 Å². The van der Waals surface area contributed by atoms with Gasteiger partial charge in [-0.2, -0.15) is 0 Å². The van der Waals surface area contributed by atoms with Crippen LogP contribution >= 0.6 is 0 Å². The number of nitrogens with zero attached hydrogens (tertiary/aromatic N) is 3. The summed E-state index contributed by atoms with van der Waals surface area (Å²) in [6.07, 6.45) is 3.26. The van der Waals surface area contributed by atoms with Crippen LogP contribution in [0.1, 0.15) is 17.4 Å². The van der Waals surface area contributed by atoms with Gasteiger partial charge in [-0.3, -0.25) is 4.98 Å². The second-order valence-corrected chi connectivity index (χ2v) is 2.88. The molecule has 0 unspecified atom stereocenters. The summed E-state index contributed by atoms with van der Waals surface area (Å²) in [4.78, 5) is 15.3. The van der Waals surface area contributed by atoms with Crippen LogP contribution in [0.4, 0.5) is 0 Å². The fourth-order valence-electron chi connectivity index (χ4n) is 1.19. The maximum absolute atomic E-state index is 11.3. The van der Waals surface area contributed by atoms with E-state index >= 15 is 0 Å². The quantitative estimate of drug-likeness (QED) is 0.686. The Kier molecular flexibility index (Phi) is 2.53. The lowest BCUT2D eigenvalue weighted by molar-refractivity contribution is 0.0518. The minimum atomic E-state index is -0.462. The maximum Gasteiger partial charge on any atom is 0.358 e. The van der Waals surface area contributed by atoms with Crippen LogP contribution in [-0.2, 0) is 4.74 Å². The molecule has 0 bridgehead atoms. The fraction of sp³-hybridized carbons (Fsp3) is 0.200. The number of esters is 1. The molecule has 0 aromatic carbocycles. The van der Waals surface area contributed by atoms with Crippen molar-refractivity contribution in [3.05, 3.63) is 30.2 Å². The maximum atomic E-state index is 11.3. The van der Waals surface area contributed by atoms with Crippen LogP contribution in [0.15, 0.2) is 24.5 Å². The topological polar surface area (TPSA) is 65.0 Å². The minimum Gasteiger partial charge on any atom is -0.461 e. The lowest BCUT2D eigenvalue weighted by atomic mass is 10.2. The monoisotopic (exact) mass is 203 g/mol. The number of pyridine rings is 1. The van der Waals surface area contributed by atoms with Crippen LogP contribution in [0.2, 0.25) is 0 Å². The molecule has 0 fully saturated rings. The Morgan fingerprint density at radius 1 is 1.47 bits per heavy atom. The Balaban J connectivity index is 2.42. The van der Waals surface area contributed by atoms with Crippen molar-refractivity contribution in [2.24, 2.45) is 0 Å². The van der Waals surface area contributed by atoms with Crippen LogP contribution in [-0.4, -0.2) is 27.8 Å². The third kappa shape index (κ3) is 1.90. The van der Waals surface area contributed by atoms with Crippen molar-refractivity contribution in [3.63, 3.8) is 0 Å². The average Bonchev–Trinajstić information content (AvgIpc) is 2.29. The summed E-state index contributed by atoms with van der Waals surface area (Å²) in [6, 6.07) is 3.35. The van der Waals surface area contributed by atoms with Crippen molar-refractivity contribution in [2.45, 2.75) is 6.92 Å². The van der Waals surface area contributed by atoms with Gasteiger partial charge in [0, 0.05) is 17.8 Å². The Morgan fingerprint density at radius 3 is 3.13 bits per heavy atom. The van der Waals surface area contributed by atoms with Crippen LogP contribution < -0.4 is 0 Å². The third-order valence-corrected chi connectivity index (χ3v) is 1.87. The van der Waals surface area contributed by atoms with Crippen LogP contribution in [0.3, 0.4) is 0 Å². The number of fused-ring (bicyclic) bond motifs is 1. The van der Waals surface area contributed by atoms with Crippen LogP contribution in [0.5, 0.6) is 0 Å². The van der Waals surface area contributed by atoms with Crippen molar-refractivity contribution >= 4 is 16.9 Å². The number of rotatable bonds is 2. The predicted molar refractivity (Wildman–Crippen MR) is 53.3 cm³/mol. The number of ether oxygens (including phenoxy) is 1. The van der Waals surface area contributed by atoms with E-state index in [1.165, 1.54) is 0 Å². The normalized spacial score (nSPS) is 10.2. The van der Waals surface area contributed by atoms with Gasteiger partial charge in [0.05, 0.1) is 12.1 Å². The molecule has 0 aliphatic heterocycles. The highest BCUT2D eigenvalue weighted by atomic mass is 16.5. The number of carbonyl (C=O) groups excluding carboxylic acids is 1. The zero-order chi connectivity index (χ0) is 10.7. The van der Waals surface area contributed by atoms with Crippen LogP contribution in [0.25, 0.3) is 10.9 Å². The van der Waals surface area contributed by atoms with Gasteiger partial charge in [-0.25, -0.2) is 4.79 Å². The number of aromatic nitrogens is 3. The van der Waals surface area contributed by atoms with Crippen molar-refractivity contribution in [1.82, 2.24) is 15.2 Å². The fourth-order valence-corrected chi connectivity index (χ4v) is 1.19. The van der Waals surface area contributed by atoms with E-state index in [9.17, 15) is 4.79 Å². The van der Waals surface area contributed by atoms with E-state index in [0.717, 1.165) is 5.39 Å². The first-order valence-corrected chi connectivity index (χ1v) is 4.56. The predicted octanol–water partition coefficient (Wildman–Crippen LogP) is 1.20. The van der Waals surface area contributed by atoms with Gasteiger partial charge in [-0.1, -0.05) is 0 Å². The first-order valence-electron chi connectivity index (χ1n) is 4.56. The standard InChI is InChI=1S/C10H9N3O2/c1-2-15-10(14)9-5-7-6-11-4-3-8(7)12-13-9/h3-6H,2H2,1H3. The molecular weight excluding hydrogens is 194 g/mol.